The molecule has 10 heteroatoms. The second kappa shape index (κ2) is 11.9. The van der Waals surface area contributed by atoms with Gasteiger partial charge in [-0.3, -0.25) is 4.79 Å². The van der Waals surface area contributed by atoms with E-state index in [1.54, 1.807) is 23.5 Å². The normalized spacial score (nSPS) is 27.7. The highest BCUT2D eigenvalue weighted by Gasteiger charge is 2.49. The van der Waals surface area contributed by atoms with E-state index in [1.165, 1.54) is 11.1 Å². The molecule has 3 aromatic carbocycles. The number of rotatable bonds is 4. The second-order valence-corrected chi connectivity index (χ2v) is 18.2. The van der Waals surface area contributed by atoms with Crippen LogP contribution in [-0.4, -0.2) is 55.4 Å². The minimum Gasteiger partial charge on any atom is -0.506 e. The number of nitrogens with zero attached hydrogens (tertiary/aromatic N) is 4. The Hall–Kier alpha value is -4.77. The predicted molar refractivity (Wildman–Crippen MR) is 220 cm³/mol. The standard InChI is InChI=1S/C44H44N4O4S2/c1-43(2)27-13-9-11-15-29(27)45(5)35(43)17-23-39(49)25(40(23)50)19-37-47(7)31-21-32-34(22-33(31)53-37)54-38(48(32)8)20-26-41(51)24(42(26)52)18-36-44(3,4)28-14-10-12-16-30(28)46(36)6/h9-23,25,39,49,51-52H,1-8H3. The van der Waals surface area contributed by atoms with Crippen LogP contribution >= 0.6 is 23.5 Å². The van der Waals surface area contributed by atoms with Gasteiger partial charge in [0.05, 0.1) is 50.5 Å². The van der Waals surface area contributed by atoms with Gasteiger partial charge in [0, 0.05) is 71.6 Å². The molecule has 3 aromatic rings. The first-order valence-electron chi connectivity index (χ1n) is 18.3. The lowest BCUT2D eigenvalue weighted by molar-refractivity contribution is -0.143. The fraction of sp³-hybridized carbons (Fsp3) is 0.295. The first-order chi connectivity index (χ1) is 25.6. The van der Waals surface area contributed by atoms with Gasteiger partial charge in [0.1, 0.15) is 11.5 Å². The van der Waals surface area contributed by atoms with E-state index in [9.17, 15) is 20.1 Å². The molecule has 0 radical (unpaired) electrons. The summed E-state index contributed by atoms with van der Waals surface area (Å²) < 4.78 is 0. The Balaban J connectivity index is 0.907. The van der Waals surface area contributed by atoms with E-state index in [-0.39, 0.29) is 28.1 Å². The molecule has 3 unspecified atom stereocenters. The quantitative estimate of drug-likeness (QED) is 0.240. The minimum atomic E-state index is -0.788. The van der Waals surface area contributed by atoms with Crippen LogP contribution in [0.4, 0.5) is 22.7 Å². The van der Waals surface area contributed by atoms with Crippen molar-refractivity contribution in [3.05, 3.63) is 140 Å². The number of fused-ring (bicyclic) bond motifs is 4. The van der Waals surface area contributed by atoms with Gasteiger partial charge in [-0.25, -0.2) is 0 Å². The number of hydrogen-bond acceptors (Lipinski definition) is 10. The average Bonchev–Trinajstić information content (AvgIpc) is 3.76. The van der Waals surface area contributed by atoms with Gasteiger partial charge in [0.15, 0.2) is 5.78 Å². The van der Waals surface area contributed by atoms with Crippen LogP contribution in [0.1, 0.15) is 38.8 Å². The number of likely N-dealkylation sites (N-methyl/N-ethyl adjacent to an activating group) is 2. The van der Waals surface area contributed by atoms with Crippen LogP contribution in [0, 0.1) is 11.8 Å². The molecule has 0 saturated heterocycles. The van der Waals surface area contributed by atoms with Crippen LogP contribution in [-0.2, 0) is 15.6 Å². The first-order valence-corrected chi connectivity index (χ1v) is 19.9. The van der Waals surface area contributed by atoms with Gasteiger partial charge in [-0.05, 0) is 53.6 Å². The third kappa shape index (κ3) is 4.79. The van der Waals surface area contributed by atoms with Crippen molar-refractivity contribution in [3.8, 4) is 0 Å². The van der Waals surface area contributed by atoms with Crippen LogP contribution in [0.3, 0.4) is 0 Å². The molecule has 0 amide bonds. The van der Waals surface area contributed by atoms with Crippen molar-refractivity contribution in [2.75, 3.05) is 47.8 Å². The van der Waals surface area contributed by atoms with Crippen molar-refractivity contribution in [2.45, 2.75) is 54.4 Å². The lowest BCUT2D eigenvalue weighted by Gasteiger charge is -2.38. The molecule has 9 rings (SSSR count). The summed E-state index contributed by atoms with van der Waals surface area (Å²) in [5.41, 5.74) is 9.12. The smallest absolute Gasteiger partial charge is 0.151 e. The lowest BCUT2D eigenvalue weighted by Crippen LogP contribution is -2.51. The van der Waals surface area contributed by atoms with Crippen molar-refractivity contribution < 1.29 is 20.1 Å². The number of aliphatic hydroxyl groups is 3. The number of benzene rings is 3. The molecule has 1 saturated carbocycles. The summed E-state index contributed by atoms with van der Waals surface area (Å²) >= 11 is 3.19. The minimum absolute atomic E-state index is 0.0365. The first kappa shape index (κ1) is 35.0. The number of carbonyl (C=O) groups is 1. The maximum absolute atomic E-state index is 13.6. The molecule has 8 nitrogen and oxygen atoms in total. The Morgan fingerprint density at radius 1 is 0.611 bits per heavy atom. The fourth-order valence-electron chi connectivity index (χ4n) is 8.99. The summed E-state index contributed by atoms with van der Waals surface area (Å²) in [6.45, 7) is 8.66. The Morgan fingerprint density at radius 3 is 1.67 bits per heavy atom. The van der Waals surface area contributed by atoms with Gasteiger partial charge in [-0.2, -0.15) is 0 Å². The Labute approximate surface area is 325 Å². The average molecular weight is 757 g/mol. The van der Waals surface area contributed by atoms with Crippen LogP contribution in [0.15, 0.2) is 139 Å². The zero-order chi connectivity index (χ0) is 38.2. The highest BCUT2D eigenvalue weighted by molar-refractivity contribution is 8.04. The molecular formula is C44H44N4O4S2. The molecule has 2 aliphatic carbocycles. The molecule has 1 fully saturated rings. The maximum atomic E-state index is 13.6. The molecule has 3 atom stereocenters. The monoisotopic (exact) mass is 756 g/mol. The van der Waals surface area contributed by atoms with Crippen LogP contribution in [0.5, 0.6) is 0 Å². The highest BCUT2D eigenvalue weighted by atomic mass is 32.2. The van der Waals surface area contributed by atoms with E-state index in [0.717, 1.165) is 54.0 Å². The number of anilines is 4. The van der Waals surface area contributed by atoms with E-state index in [0.29, 0.717) is 11.1 Å². The zero-order valence-electron chi connectivity index (χ0n) is 31.7. The highest BCUT2D eigenvalue weighted by Crippen LogP contribution is 2.56. The van der Waals surface area contributed by atoms with Gasteiger partial charge in [-0.1, -0.05) is 93.7 Å². The van der Waals surface area contributed by atoms with Crippen molar-refractivity contribution >= 4 is 52.1 Å². The zero-order valence-corrected chi connectivity index (χ0v) is 33.3. The van der Waals surface area contributed by atoms with Crippen molar-refractivity contribution in [3.63, 3.8) is 0 Å². The number of para-hydroxylation sites is 2. The number of Topliss-reactive ketones (excluding diaryl/α,β-unsaturated/α-hetero) is 1. The molecule has 6 aliphatic rings. The van der Waals surface area contributed by atoms with Crippen molar-refractivity contribution in [1.82, 2.24) is 0 Å². The summed E-state index contributed by atoms with van der Waals surface area (Å²) in [6.07, 6.45) is 6.86. The molecule has 3 N–H and O–H groups in total. The summed E-state index contributed by atoms with van der Waals surface area (Å²) in [4.78, 5) is 24.1. The molecule has 0 bridgehead atoms. The molecule has 4 heterocycles. The Bertz CT molecular complexity index is 2400. The van der Waals surface area contributed by atoms with E-state index in [4.69, 9.17) is 0 Å². The van der Waals surface area contributed by atoms with Crippen molar-refractivity contribution in [1.29, 1.82) is 0 Å². The second-order valence-electron chi connectivity index (χ2n) is 16.1. The van der Waals surface area contributed by atoms with Crippen LogP contribution < -0.4 is 19.6 Å². The van der Waals surface area contributed by atoms with E-state index >= 15 is 0 Å². The molecular weight excluding hydrogens is 713 g/mol. The Morgan fingerprint density at radius 2 is 1.09 bits per heavy atom. The SMILES string of the molecule is CN1C(=CC2=C(O)C(C=C3N(C)c4ccccc4C3(C)C)=C2O)Sc2cc3c(cc21)N(C)C(=CC1C(=O)C(C=C2N(C)c4ccccc4C2(C)C)C1O)S3. The van der Waals surface area contributed by atoms with Gasteiger partial charge >= 0.3 is 0 Å². The topological polar surface area (TPSA) is 90.7 Å². The molecule has 0 aromatic heterocycles. The van der Waals surface area contributed by atoms with Gasteiger partial charge in [0.2, 0.25) is 0 Å². The Kier molecular flexibility index (Phi) is 7.68. The van der Waals surface area contributed by atoms with E-state index in [2.05, 4.69) is 83.7 Å². The van der Waals surface area contributed by atoms with E-state index in [1.807, 2.05) is 76.8 Å². The van der Waals surface area contributed by atoms with Crippen LogP contribution in [0.2, 0.25) is 0 Å². The third-order valence-corrected chi connectivity index (χ3v) is 14.7. The molecule has 276 valence electrons. The summed E-state index contributed by atoms with van der Waals surface area (Å²) in [5.74, 6) is -0.909. The van der Waals surface area contributed by atoms with Gasteiger partial charge < -0.3 is 34.9 Å². The molecule has 0 spiro atoms. The number of thioether (sulfide) groups is 2. The van der Waals surface area contributed by atoms with Gasteiger partial charge in [-0.15, -0.1) is 0 Å². The number of carbonyl (C=O) groups excluding carboxylic acids is 1. The summed E-state index contributed by atoms with van der Waals surface area (Å²) in [5, 5.41) is 35.5. The summed E-state index contributed by atoms with van der Waals surface area (Å²) in [7, 11) is 8.03. The number of aliphatic hydroxyl groups excluding tert-OH is 3. The summed E-state index contributed by atoms with van der Waals surface area (Å²) in [6, 6.07) is 20.9. The van der Waals surface area contributed by atoms with Gasteiger partial charge in [0.25, 0.3) is 0 Å². The molecule has 4 aliphatic heterocycles. The fourth-order valence-corrected chi connectivity index (χ4v) is 11.3. The van der Waals surface area contributed by atoms with Crippen LogP contribution in [0.25, 0.3) is 0 Å². The number of allylic oxidation sites excluding steroid dienone is 4. The maximum Gasteiger partial charge on any atom is 0.151 e. The van der Waals surface area contributed by atoms with E-state index < -0.39 is 17.9 Å². The third-order valence-electron chi connectivity index (χ3n) is 12.4. The lowest BCUT2D eigenvalue weighted by atomic mass is 9.69. The predicted octanol–water partition coefficient (Wildman–Crippen LogP) is 8.89. The molecule has 54 heavy (non-hydrogen) atoms. The largest absolute Gasteiger partial charge is 0.506 e. The number of hydrogen-bond donors (Lipinski definition) is 3. The number of ketones is 1. The van der Waals surface area contributed by atoms with Crippen molar-refractivity contribution in [2.24, 2.45) is 11.8 Å².